The number of alkyl carbamates (subject to hydrolysis) is 1. The zero-order valence-electron chi connectivity index (χ0n) is 22.3. The summed E-state index contributed by atoms with van der Waals surface area (Å²) in [7, 11) is 0. The Morgan fingerprint density at radius 1 is 1.03 bits per heavy atom. The molecule has 0 aliphatic heterocycles. The van der Waals surface area contributed by atoms with E-state index in [0.717, 1.165) is 56.9 Å². The van der Waals surface area contributed by atoms with E-state index < -0.39 is 17.7 Å². The Kier molecular flexibility index (Phi) is 11.5. The zero-order chi connectivity index (χ0) is 25.8. The van der Waals surface area contributed by atoms with Gasteiger partial charge in [0.1, 0.15) is 18.2 Å². The number of carbonyl (C=O) groups excluding carboxylic acids is 3. The lowest BCUT2D eigenvalue weighted by Gasteiger charge is -2.33. The Labute approximate surface area is 211 Å². The molecule has 1 aromatic rings. The Morgan fingerprint density at radius 3 is 2.26 bits per heavy atom. The first kappa shape index (κ1) is 28.7. The van der Waals surface area contributed by atoms with Gasteiger partial charge in [-0.2, -0.15) is 0 Å². The number of nitrogens with one attached hydrogen (secondary N) is 2. The molecule has 196 valence electrons. The van der Waals surface area contributed by atoms with E-state index in [9.17, 15) is 14.4 Å². The molecule has 7 heteroatoms. The third-order valence-corrected chi connectivity index (χ3v) is 6.32. The summed E-state index contributed by atoms with van der Waals surface area (Å²) in [6.07, 6.45) is 8.36. The molecule has 1 atom stereocenters. The van der Waals surface area contributed by atoms with Gasteiger partial charge in [0, 0.05) is 12.6 Å². The largest absolute Gasteiger partial charge is 0.444 e. The lowest BCUT2D eigenvalue weighted by molar-refractivity contribution is -0.140. The lowest BCUT2D eigenvalue weighted by Crippen LogP contribution is -2.50. The van der Waals surface area contributed by atoms with E-state index in [1.165, 1.54) is 12.0 Å². The molecule has 1 aliphatic carbocycles. The number of amides is 3. The molecule has 1 saturated carbocycles. The molecule has 1 fully saturated rings. The van der Waals surface area contributed by atoms with E-state index in [-0.39, 0.29) is 24.4 Å². The first-order valence-electron chi connectivity index (χ1n) is 13.3. The van der Waals surface area contributed by atoms with Crippen LogP contribution >= 0.6 is 0 Å². The highest BCUT2D eigenvalue weighted by atomic mass is 16.6. The minimum Gasteiger partial charge on any atom is -0.444 e. The van der Waals surface area contributed by atoms with Crippen LogP contribution in [0, 0.1) is 0 Å². The first-order chi connectivity index (χ1) is 16.6. The molecule has 7 nitrogen and oxygen atoms in total. The second-order valence-corrected chi connectivity index (χ2v) is 10.5. The van der Waals surface area contributed by atoms with E-state index in [2.05, 4.69) is 24.5 Å². The molecule has 2 rings (SSSR count). The van der Waals surface area contributed by atoms with Crippen LogP contribution in [-0.2, 0) is 20.7 Å². The zero-order valence-corrected chi connectivity index (χ0v) is 22.3. The molecular formula is C28H45N3O4. The Hall–Kier alpha value is -2.57. The summed E-state index contributed by atoms with van der Waals surface area (Å²) in [4.78, 5) is 40.9. The molecule has 0 spiro atoms. The van der Waals surface area contributed by atoms with Crippen molar-refractivity contribution in [3.8, 4) is 0 Å². The van der Waals surface area contributed by atoms with Gasteiger partial charge in [-0.25, -0.2) is 4.79 Å². The van der Waals surface area contributed by atoms with E-state index in [4.69, 9.17) is 4.74 Å². The highest BCUT2D eigenvalue weighted by molar-refractivity contribution is 5.90. The molecule has 35 heavy (non-hydrogen) atoms. The quantitative estimate of drug-likeness (QED) is 0.416. The van der Waals surface area contributed by atoms with Crippen molar-refractivity contribution in [3.05, 3.63) is 35.4 Å². The summed E-state index contributed by atoms with van der Waals surface area (Å²) in [6.45, 7) is 9.74. The van der Waals surface area contributed by atoms with Crippen LogP contribution in [0.2, 0.25) is 0 Å². The molecule has 3 amide bonds. The molecule has 0 radical (unpaired) electrons. The summed E-state index contributed by atoms with van der Waals surface area (Å²) in [6, 6.07) is 7.33. The second kappa shape index (κ2) is 14.1. The molecule has 0 aromatic heterocycles. The van der Waals surface area contributed by atoms with Crippen LogP contribution in [0.4, 0.5) is 4.79 Å². The van der Waals surface area contributed by atoms with Crippen molar-refractivity contribution in [3.63, 3.8) is 0 Å². The van der Waals surface area contributed by atoms with Crippen molar-refractivity contribution in [1.29, 1.82) is 0 Å². The van der Waals surface area contributed by atoms with E-state index in [1.807, 2.05) is 24.3 Å². The van der Waals surface area contributed by atoms with Gasteiger partial charge < -0.3 is 20.3 Å². The monoisotopic (exact) mass is 487 g/mol. The minimum atomic E-state index is -0.743. The first-order valence-corrected chi connectivity index (χ1v) is 13.3. The Balaban J connectivity index is 2.28. The number of ether oxygens (including phenoxy) is 1. The molecule has 1 aromatic carbocycles. The van der Waals surface area contributed by atoms with Gasteiger partial charge in [-0.15, -0.1) is 0 Å². The van der Waals surface area contributed by atoms with E-state index in [0.29, 0.717) is 6.54 Å². The van der Waals surface area contributed by atoms with Crippen LogP contribution in [0.3, 0.4) is 0 Å². The molecule has 2 N–H and O–H groups in total. The van der Waals surface area contributed by atoms with E-state index >= 15 is 0 Å². The molecule has 1 unspecified atom stereocenters. The molecule has 0 heterocycles. The number of unbranched alkanes of at least 4 members (excludes halogenated alkanes) is 2. The molecule has 1 aliphatic rings. The average Bonchev–Trinajstić information content (AvgIpc) is 2.82. The summed E-state index contributed by atoms with van der Waals surface area (Å²) in [5, 5.41) is 5.79. The smallest absolute Gasteiger partial charge is 0.408 e. The highest BCUT2D eigenvalue weighted by Gasteiger charge is 2.33. The predicted molar refractivity (Wildman–Crippen MR) is 139 cm³/mol. The minimum absolute atomic E-state index is 0.140. The predicted octanol–water partition coefficient (Wildman–Crippen LogP) is 5.28. The van der Waals surface area contributed by atoms with Crippen molar-refractivity contribution in [2.24, 2.45) is 0 Å². The maximum atomic E-state index is 13.7. The molecular weight excluding hydrogens is 442 g/mol. The third-order valence-electron chi connectivity index (χ3n) is 6.32. The molecule has 0 bridgehead atoms. The summed E-state index contributed by atoms with van der Waals surface area (Å²) in [5.74, 6) is -0.446. The van der Waals surface area contributed by atoms with Crippen molar-refractivity contribution >= 4 is 17.9 Å². The summed E-state index contributed by atoms with van der Waals surface area (Å²) in [5.41, 5.74) is 1.31. The standard InChI is InChI=1S/C28H45N3O4/c1-6-8-12-19-31(24(32)20-29-27(34)35-28(3,4)5)25(22-17-15-21(7-2)16-18-22)26(33)30-23-13-10-9-11-14-23/h15-18,23,25H,6-14,19-20H2,1-5H3,(H,29,34)(H,30,33). The maximum absolute atomic E-state index is 13.7. The van der Waals surface area contributed by atoms with E-state index in [1.54, 1.807) is 25.7 Å². The maximum Gasteiger partial charge on any atom is 0.408 e. The SMILES string of the molecule is CCCCCN(C(=O)CNC(=O)OC(C)(C)C)C(C(=O)NC1CCCCC1)c1ccc(CC)cc1. The molecule has 0 saturated heterocycles. The number of benzene rings is 1. The Bertz CT molecular complexity index is 810. The number of hydrogen-bond donors (Lipinski definition) is 2. The summed E-state index contributed by atoms with van der Waals surface area (Å²) >= 11 is 0. The van der Waals surface area contributed by atoms with Gasteiger partial charge in [0.05, 0.1) is 0 Å². The van der Waals surface area contributed by atoms with Gasteiger partial charge in [-0.3, -0.25) is 9.59 Å². The summed E-state index contributed by atoms with van der Waals surface area (Å²) < 4.78 is 5.28. The van der Waals surface area contributed by atoms with Gasteiger partial charge in [0.25, 0.3) is 0 Å². The number of hydrogen-bond acceptors (Lipinski definition) is 4. The number of rotatable bonds is 11. The van der Waals surface area contributed by atoms with Crippen LogP contribution in [0.5, 0.6) is 0 Å². The van der Waals surface area contributed by atoms with Gasteiger partial charge in [-0.1, -0.05) is 70.2 Å². The number of carbonyl (C=O) groups is 3. The van der Waals surface area contributed by atoms with Crippen molar-refractivity contribution in [2.75, 3.05) is 13.1 Å². The van der Waals surface area contributed by atoms with Crippen LogP contribution < -0.4 is 10.6 Å². The van der Waals surface area contributed by atoms with Gasteiger partial charge in [0.15, 0.2) is 0 Å². The second-order valence-electron chi connectivity index (χ2n) is 10.5. The fourth-order valence-corrected chi connectivity index (χ4v) is 4.43. The number of aryl methyl sites for hydroxylation is 1. The lowest BCUT2D eigenvalue weighted by atomic mass is 9.94. The van der Waals surface area contributed by atoms with Crippen molar-refractivity contribution < 1.29 is 19.1 Å². The van der Waals surface area contributed by atoms with Crippen molar-refractivity contribution in [2.45, 2.75) is 110 Å². The highest BCUT2D eigenvalue weighted by Crippen LogP contribution is 2.25. The van der Waals surface area contributed by atoms with Crippen LogP contribution in [0.1, 0.15) is 103 Å². The van der Waals surface area contributed by atoms with Gasteiger partial charge >= 0.3 is 6.09 Å². The fraction of sp³-hybridized carbons (Fsp3) is 0.679. The van der Waals surface area contributed by atoms with Gasteiger partial charge in [-0.05, 0) is 57.6 Å². The van der Waals surface area contributed by atoms with Crippen LogP contribution in [0.25, 0.3) is 0 Å². The topological polar surface area (TPSA) is 87.7 Å². The van der Waals surface area contributed by atoms with Gasteiger partial charge in [0.2, 0.25) is 11.8 Å². The third kappa shape index (κ3) is 9.90. The van der Waals surface area contributed by atoms with Crippen molar-refractivity contribution in [1.82, 2.24) is 15.5 Å². The Morgan fingerprint density at radius 2 is 1.69 bits per heavy atom. The average molecular weight is 488 g/mol. The van der Waals surface area contributed by atoms with Crippen LogP contribution in [0.15, 0.2) is 24.3 Å². The van der Waals surface area contributed by atoms with Crippen LogP contribution in [-0.4, -0.2) is 47.5 Å². The fourth-order valence-electron chi connectivity index (χ4n) is 4.43. The number of nitrogens with zero attached hydrogens (tertiary/aromatic N) is 1. The normalized spacial score (nSPS) is 15.2.